The maximum Gasteiger partial charge on any atom is 0.243 e. The maximum atomic E-state index is 12.6. The highest BCUT2D eigenvalue weighted by molar-refractivity contribution is 7.89. The summed E-state index contributed by atoms with van der Waals surface area (Å²) in [6.07, 6.45) is 0. The van der Waals surface area contributed by atoms with Crippen LogP contribution in [0, 0.1) is 20.8 Å². The summed E-state index contributed by atoms with van der Waals surface area (Å²) in [7, 11) is -2.19. The van der Waals surface area contributed by atoms with E-state index in [0.717, 1.165) is 9.87 Å². The van der Waals surface area contributed by atoms with Crippen LogP contribution in [0.3, 0.4) is 0 Å². The third kappa shape index (κ3) is 4.52. The number of carboxylic acid groups (broad SMARTS) is 1. The highest BCUT2D eigenvalue weighted by atomic mass is 32.2. The van der Waals surface area contributed by atoms with Gasteiger partial charge in [0.25, 0.3) is 0 Å². The van der Waals surface area contributed by atoms with Gasteiger partial charge in [0.05, 0.1) is 24.1 Å². The zero-order valence-corrected chi connectivity index (χ0v) is 13.5. The summed E-state index contributed by atoms with van der Waals surface area (Å²) in [4.78, 5) is 10.5. The fraction of sp³-hybridized carbons (Fsp3) is 0.500. The SMILES string of the molecule is Cc1cc(C)c(S(=O)(=O)N(C)CCOCC(=O)[O-])c(C)c1. The van der Waals surface area contributed by atoms with Crippen molar-refractivity contribution >= 4 is 16.0 Å². The molecule has 7 heteroatoms. The average molecular weight is 314 g/mol. The summed E-state index contributed by atoms with van der Waals surface area (Å²) in [5, 5.41) is 10.2. The van der Waals surface area contributed by atoms with Gasteiger partial charge < -0.3 is 14.6 Å². The standard InChI is InChI=1S/C14H21NO5S/c1-10-7-11(2)14(12(3)8-10)21(18,19)15(4)5-6-20-9-13(16)17/h7-8H,5-6,9H2,1-4H3,(H,16,17)/p-1. The van der Waals surface area contributed by atoms with Crippen LogP contribution in [0.4, 0.5) is 0 Å². The van der Waals surface area contributed by atoms with Crippen molar-refractivity contribution in [1.82, 2.24) is 4.31 Å². The number of rotatable bonds is 7. The van der Waals surface area contributed by atoms with Crippen LogP contribution in [0.25, 0.3) is 0 Å². The lowest BCUT2D eigenvalue weighted by atomic mass is 10.1. The molecule has 118 valence electrons. The third-order valence-corrected chi connectivity index (χ3v) is 5.21. The van der Waals surface area contributed by atoms with Crippen LogP contribution < -0.4 is 5.11 Å². The highest BCUT2D eigenvalue weighted by Crippen LogP contribution is 2.24. The van der Waals surface area contributed by atoms with Crippen molar-refractivity contribution in [3.8, 4) is 0 Å². The van der Waals surface area contributed by atoms with Crippen molar-refractivity contribution in [1.29, 1.82) is 0 Å². The minimum absolute atomic E-state index is 0.00628. The minimum atomic E-state index is -3.63. The quantitative estimate of drug-likeness (QED) is 0.661. The zero-order chi connectivity index (χ0) is 16.2. The first-order valence-electron chi connectivity index (χ1n) is 6.48. The molecule has 0 aliphatic carbocycles. The first kappa shape index (κ1) is 17.6. The molecule has 0 bridgehead atoms. The molecule has 0 N–H and O–H groups in total. The van der Waals surface area contributed by atoms with Crippen LogP contribution in [0.5, 0.6) is 0 Å². The molecular weight excluding hydrogens is 294 g/mol. The largest absolute Gasteiger partial charge is 0.548 e. The van der Waals surface area contributed by atoms with E-state index >= 15 is 0 Å². The molecule has 1 rings (SSSR count). The molecule has 0 radical (unpaired) electrons. The smallest absolute Gasteiger partial charge is 0.243 e. The molecular formula is C14H20NO5S-. The Bertz CT molecular complexity index is 601. The van der Waals surface area contributed by atoms with Gasteiger partial charge in [-0.2, -0.15) is 4.31 Å². The van der Waals surface area contributed by atoms with Gasteiger partial charge in [-0.05, 0) is 31.9 Å². The molecule has 6 nitrogen and oxygen atoms in total. The first-order chi connectivity index (χ1) is 9.66. The molecule has 0 saturated carbocycles. The molecule has 0 saturated heterocycles. The number of aliphatic carboxylic acids is 1. The summed E-state index contributed by atoms with van der Waals surface area (Å²) < 4.78 is 31.1. The predicted octanol–water partition coefficient (Wildman–Crippen LogP) is -0.00114. The van der Waals surface area contributed by atoms with Crippen molar-refractivity contribution in [3.05, 3.63) is 28.8 Å². The lowest BCUT2D eigenvalue weighted by Gasteiger charge is -2.20. The van der Waals surface area contributed by atoms with Gasteiger partial charge in [0, 0.05) is 13.6 Å². The molecule has 1 aromatic carbocycles. The Balaban J connectivity index is 2.88. The Labute approximate surface area is 125 Å². The molecule has 21 heavy (non-hydrogen) atoms. The average Bonchev–Trinajstić information content (AvgIpc) is 2.32. The van der Waals surface area contributed by atoms with Gasteiger partial charge in [-0.1, -0.05) is 17.7 Å². The Morgan fingerprint density at radius 3 is 2.24 bits per heavy atom. The number of hydrogen-bond acceptors (Lipinski definition) is 5. The van der Waals surface area contributed by atoms with E-state index in [1.165, 1.54) is 7.05 Å². The third-order valence-electron chi connectivity index (χ3n) is 3.04. The van der Waals surface area contributed by atoms with Crippen molar-refractivity contribution in [2.24, 2.45) is 0 Å². The van der Waals surface area contributed by atoms with E-state index in [4.69, 9.17) is 4.74 Å². The van der Waals surface area contributed by atoms with E-state index in [-0.39, 0.29) is 18.0 Å². The number of likely N-dealkylation sites (N-methyl/N-ethyl adjacent to an activating group) is 1. The van der Waals surface area contributed by atoms with E-state index in [0.29, 0.717) is 11.1 Å². The summed E-state index contributed by atoms with van der Waals surface area (Å²) in [6.45, 7) is 4.95. The van der Waals surface area contributed by atoms with Crippen molar-refractivity contribution in [2.45, 2.75) is 25.7 Å². The minimum Gasteiger partial charge on any atom is -0.548 e. The number of benzene rings is 1. The van der Waals surface area contributed by atoms with Crippen molar-refractivity contribution < 1.29 is 23.1 Å². The number of sulfonamides is 1. The number of carbonyl (C=O) groups excluding carboxylic acids is 1. The molecule has 0 spiro atoms. The summed E-state index contributed by atoms with van der Waals surface area (Å²) in [6, 6.07) is 3.64. The molecule has 0 amide bonds. The normalized spacial score (nSPS) is 11.9. The number of aryl methyl sites for hydroxylation is 3. The molecule has 0 unspecified atom stereocenters. The Kier molecular flexibility index (Phi) is 5.88. The lowest BCUT2D eigenvalue weighted by Crippen LogP contribution is -2.33. The van der Waals surface area contributed by atoms with Crippen LogP contribution in [0.1, 0.15) is 16.7 Å². The highest BCUT2D eigenvalue weighted by Gasteiger charge is 2.24. The van der Waals surface area contributed by atoms with Crippen LogP contribution in [0.2, 0.25) is 0 Å². The monoisotopic (exact) mass is 314 g/mol. The van der Waals surface area contributed by atoms with E-state index in [2.05, 4.69) is 0 Å². The number of ether oxygens (including phenoxy) is 1. The number of carbonyl (C=O) groups is 1. The maximum absolute atomic E-state index is 12.6. The van der Waals surface area contributed by atoms with E-state index in [9.17, 15) is 18.3 Å². The molecule has 0 fully saturated rings. The van der Waals surface area contributed by atoms with Gasteiger partial charge in [0.1, 0.15) is 0 Å². The second-order valence-electron chi connectivity index (χ2n) is 4.98. The number of nitrogens with zero attached hydrogens (tertiary/aromatic N) is 1. The topological polar surface area (TPSA) is 86.7 Å². The fourth-order valence-corrected chi connectivity index (χ4v) is 3.76. The molecule has 0 aromatic heterocycles. The molecule has 0 aliphatic rings. The second kappa shape index (κ2) is 7.02. The fourth-order valence-electron chi connectivity index (χ4n) is 2.20. The van der Waals surface area contributed by atoms with E-state index in [1.54, 1.807) is 13.8 Å². The van der Waals surface area contributed by atoms with Crippen LogP contribution in [-0.2, 0) is 19.6 Å². The van der Waals surface area contributed by atoms with Gasteiger partial charge in [-0.3, -0.25) is 0 Å². The predicted molar refractivity (Wildman–Crippen MR) is 76.3 cm³/mol. The van der Waals surface area contributed by atoms with Crippen molar-refractivity contribution in [3.63, 3.8) is 0 Å². The Morgan fingerprint density at radius 2 is 1.76 bits per heavy atom. The number of carboxylic acids is 1. The summed E-state index contributed by atoms with van der Waals surface area (Å²) in [5.74, 6) is -1.33. The zero-order valence-electron chi connectivity index (χ0n) is 12.7. The van der Waals surface area contributed by atoms with Crippen LogP contribution in [-0.4, -0.2) is 45.5 Å². The first-order valence-corrected chi connectivity index (χ1v) is 7.92. The van der Waals surface area contributed by atoms with Gasteiger partial charge in [0.15, 0.2) is 0 Å². The van der Waals surface area contributed by atoms with Crippen molar-refractivity contribution in [2.75, 3.05) is 26.8 Å². The molecule has 0 aliphatic heterocycles. The summed E-state index contributed by atoms with van der Waals surface area (Å²) >= 11 is 0. The van der Waals surface area contributed by atoms with Crippen LogP contribution in [0.15, 0.2) is 17.0 Å². The summed E-state index contributed by atoms with van der Waals surface area (Å²) in [5.41, 5.74) is 2.38. The Hall–Kier alpha value is -1.44. The van der Waals surface area contributed by atoms with E-state index < -0.39 is 22.6 Å². The van der Waals surface area contributed by atoms with Gasteiger partial charge in [-0.15, -0.1) is 0 Å². The van der Waals surface area contributed by atoms with E-state index in [1.807, 2.05) is 19.1 Å². The second-order valence-corrected chi connectivity index (χ2v) is 6.96. The molecule has 0 atom stereocenters. The molecule has 1 aromatic rings. The van der Waals surface area contributed by atoms with Gasteiger partial charge in [-0.25, -0.2) is 8.42 Å². The molecule has 0 heterocycles. The van der Waals surface area contributed by atoms with Gasteiger partial charge in [0.2, 0.25) is 10.0 Å². The Morgan fingerprint density at radius 1 is 1.24 bits per heavy atom. The van der Waals surface area contributed by atoms with Gasteiger partial charge >= 0.3 is 0 Å². The van der Waals surface area contributed by atoms with Crippen LogP contribution >= 0.6 is 0 Å². The number of hydrogen-bond donors (Lipinski definition) is 0. The lowest BCUT2D eigenvalue weighted by molar-refractivity contribution is -0.309.